The molecule has 1 aromatic carbocycles. The van der Waals surface area contributed by atoms with Crippen molar-refractivity contribution < 1.29 is 4.39 Å². The van der Waals surface area contributed by atoms with Gasteiger partial charge in [0.15, 0.2) is 5.16 Å². The Balaban J connectivity index is 1.62. The van der Waals surface area contributed by atoms with Crippen molar-refractivity contribution in [3.05, 3.63) is 40.4 Å². The molecule has 2 aromatic rings. The third-order valence-corrected chi connectivity index (χ3v) is 5.91. The largest absolute Gasteiger partial charge is 0.309 e. The Labute approximate surface area is 145 Å². The van der Waals surface area contributed by atoms with Crippen molar-refractivity contribution in [2.45, 2.75) is 49.4 Å². The summed E-state index contributed by atoms with van der Waals surface area (Å²) in [6, 6.07) is 4.51. The highest BCUT2D eigenvalue weighted by Gasteiger charge is 2.18. The van der Waals surface area contributed by atoms with Gasteiger partial charge >= 0.3 is 0 Å². The van der Waals surface area contributed by atoms with Crippen molar-refractivity contribution in [2.75, 3.05) is 0 Å². The van der Waals surface area contributed by atoms with Gasteiger partial charge in [0.1, 0.15) is 11.6 Å². The number of aromatic nitrogens is 3. The van der Waals surface area contributed by atoms with Crippen LogP contribution in [0.1, 0.15) is 43.5 Å². The molecule has 1 saturated carbocycles. The zero-order valence-corrected chi connectivity index (χ0v) is 14.8. The van der Waals surface area contributed by atoms with Crippen molar-refractivity contribution in [3.63, 3.8) is 0 Å². The van der Waals surface area contributed by atoms with Crippen LogP contribution in [0.4, 0.5) is 4.39 Å². The van der Waals surface area contributed by atoms with Gasteiger partial charge in [0.2, 0.25) is 0 Å². The van der Waals surface area contributed by atoms with Gasteiger partial charge in [0.05, 0.1) is 0 Å². The predicted molar refractivity (Wildman–Crippen MR) is 92.3 cm³/mol. The fourth-order valence-corrected chi connectivity index (χ4v) is 4.33. The molecule has 3 nitrogen and oxygen atoms in total. The lowest BCUT2D eigenvalue weighted by Crippen LogP contribution is -2.12. The first-order chi connectivity index (χ1) is 11.1. The van der Waals surface area contributed by atoms with Crippen molar-refractivity contribution in [3.8, 4) is 0 Å². The summed E-state index contributed by atoms with van der Waals surface area (Å²) in [6.07, 6.45) is 7.68. The number of hydrogen-bond donors (Lipinski definition) is 0. The third-order valence-electron chi connectivity index (χ3n) is 4.49. The first-order valence-electron chi connectivity index (χ1n) is 8.08. The Kier molecular flexibility index (Phi) is 5.59. The molecule has 0 N–H and O–H groups in total. The Morgan fingerprint density at radius 1 is 1.26 bits per heavy atom. The van der Waals surface area contributed by atoms with Gasteiger partial charge in [-0.3, -0.25) is 0 Å². The summed E-state index contributed by atoms with van der Waals surface area (Å²) in [5, 5.41) is 10.0. The zero-order valence-electron chi connectivity index (χ0n) is 13.3. The predicted octanol–water partition coefficient (Wildman–Crippen LogP) is 5.02. The number of benzene rings is 1. The van der Waals surface area contributed by atoms with Crippen LogP contribution in [0.25, 0.3) is 0 Å². The maximum Gasteiger partial charge on any atom is 0.191 e. The summed E-state index contributed by atoms with van der Waals surface area (Å²) in [6.45, 7) is 0. The number of hydrogen-bond acceptors (Lipinski definition) is 3. The van der Waals surface area contributed by atoms with Crippen LogP contribution in [0.2, 0.25) is 5.02 Å². The lowest BCUT2D eigenvalue weighted by molar-refractivity contribution is 0.348. The third kappa shape index (κ3) is 4.27. The van der Waals surface area contributed by atoms with Crippen LogP contribution < -0.4 is 0 Å². The topological polar surface area (TPSA) is 30.7 Å². The zero-order chi connectivity index (χ0) is 16.2. The van der Waals surface area contributed by atoms with E-state index in [0.717, 1.165) is 28.9 Å². The van der Waals surface area contributed by atoms with E-state index in [1.54, 1.807) is 17.8 Å². The summed E-state index contributed by atoms with van der Waals surface area (Å²) in [7, 11) is 2.02. The lowest BCUT2D eigenvalue weighted by Gasteiger charge is -2.20. The van der Waals surface area contributed by atoms with Gasteiger partial charge in [-0.1, -0.05) is 61.5 Å². The molecule has 1 heterocycles. The molecule has 0 bridgehead atoms. The molecule has 1 aliphatic carbocycles. The highest BCUT2D eigenvalue weighted by Crippen LogP contribution is 2.29. The van der Waals surface area contributed by atoms with Crippen molar-refractivity contribution in [2.24, 2.45) is 13.0 Å². The lowest BCUT2D eigenvalue weighted by atomic mass is 9.87. The minimum absolute atomic E-state index is 0.308. The SMILES string of the molecule is Cn1c(CC2CCCCC2)nnc1SCc1ccc(F)cc1Cl. The first-order valence-corrected chi connectivity index (χ1v) is 9.45. The quantitative estimate of drug-likeness (QED) is 0.707. The van der Waals surface area contributed by atoms with E-state index in [4.69, 9.17) is 11.6 Å². The Morgan fingerprint density at radius 2 is 2.04 bits per heavy atom. The second-order valence-corrected chi connectivity index (χ2v) is 7.54. The number of halogens is 2. The second-order valence-electron chi connectivity index (χ2n) is 6.19. The summed E-state index contributed by atoms with van der Waals surface area (Å²) in [5.74, 6) is 2.16. The summed E-state index contributed by atoms with van der Waals surface area (Å²) in [5.41, 5.74) is 0.912. The number of rotatable bonds is 5. The summed E-state index contributed by atoms with van der Waals surface area (Å²) >= 11 is 7.66. The minimum atomic E-state index is -0.308. The van der Waals surface area contributed by atoms with E-state index in [1.807, 2.05) is 7.05 Å². The van der Waals surface area contributed by atoms with Crippen molar-refractivity contribution in [1.82, 2.24) is 14.8 Å². The van der Waals surface area contributed by atoms with E-state index >= 15 is 0 Å². The van der Waals surface area contributed by atoms with Gasteiger partial charge in [-0.25, -0.2) is 4.39 Å². The van der Waals surface area contributed by atoms with Crippen LogP contribution in [0.5, 0.6) is 0 Å². The van der Waals surface area contributed by atoms with E-state index in [2.05, 4.69) is 14.8 Å². The maximum atomic E-state index is 13.1. The van der Waals surface area contributed by atoms with E-state index in [-0.39, 0.29) is 5.82 Å². The molecule has 0 aliphatic heterocycles. The van der Waals surface area contributed by atoms with E-state index in [0.29, 0.717) is 10.8 Å². The monoisotopic (exact) mass is 353 g/mol. The molecule has 1 aliphatic rings. The van der Waals surface area contributed by atoms with Gasteiger partial charge in [-0.2, -0.15) is 0 Å². The van der Waals surface area contributed by atoms with Crippen molar-refractivity contribution >= 4 is 23.4 Å². The molecule has 3 rings (SSSR count). The average molecular weight is 354 g/mol. The standard InChI is InChI=1S/C17H21ClFN3S/c1-22-16(9-12-5-3-2-4-6-12)20-21-17(22)23-11-13-7-8-14(19)10-15(13)18/h7-8,10,12H,2-6,9,11H2,1H3. The molecule has 1 fully saturated rings. The summed E-state index contributed by atoms with van der Waals surface area (Å²) < 4.78 is 15.2. The van der Waals surface area contributed by atoms with Crippen molar-refractivity contribution in [1.29, 1.82) is 0 Å². The first kappa shape index (κ1) is 16.8. The molecule has 6 heteroatoms. The highest BCUT2D eigenvalue weighted by atomic mass is 35.5. The van der Waals surface area contributed by atoms with Gasteiger partial charge in [-0.15, -0.1) is 10.2 Å². The van der Waals surface area contributed by atoms with Crippen LogP contribution in [0, 0.1) is 11.7 Å². The fourth-order valence-electron chi connectivity index (χ4n) is 3.08. The van der Waals surface area contributed by atoms with Crippen LogP contribution in [-0.2, 0) is 19.2 Å². The molecule has 0 amide bonds. The Hall–Kier alpha value is -1.07. The molecular weight excluding hydrogens is 333 g/mol. The van der Waals surface area contributed by atoms with Crippen LogP contribution >= 0.6 is 23.4 Å². The molecule has 0 atom stereocenters. The molecule has 23 heavy (non-hydrogen) atoms. The smallest absolute Gasteiger partial charge is 0.191 e. The molecular formula is C17H21ClFN3S. The van der Waals surface area contributed by atoms with Gasteiger partial charge in [0, 0.05) is 24.2 Å². The maximum absolute atomic E-state index is 13.1. The minimum Gasteiger partial charge on any atom is -0.309 e. The van der Waals surface area contributed by atoms with E-state index < -0.39 is 0 Å². The van der Waals surface area contributed by atoms with Gasteiger partial charge < -0.3 is 4.57 Å². The molecule has 1 aromatic heterocycles. The molecule has 0 spiro atoms. The number of thioether (sulfide) groups is 1. The van der Waals surface area contributed by atoms with Crippen LogP contribution in [-0.4, -0.2) is 14.8 Å². The van der Waals surface area contributed by atoms with Gasteiger partial charge in [0.25, 0.3) is 0 Å². The normalized spacial score (nSPS) is 16.0. The second kappa shape index (κ2) is 7.67. The Morgan fingerprint density at radius 3 is 2.78 bits per heavy atom. The molecule has 0 radical (unpaired) electrons. The van der Waals surface area contributed by atoms with Crippen LogP contribution in [0.3, 0.4) is 0 Å². The van der Waals surface area contributed by atoms with Crippen LogP contribution in [0.15, 0.2) is 23.4 Å². The molecule has 0 unspecified atom stereocenters. The van der Waals surface area contributed by atoms with E-state index in [1.165, 1.54) is 44.2 Å². The molecule has 0 saturated heterocycles. The summed E-state index contributed by atoms with van der Waals surface area (Å²) in [4.78, 5) is 0. The fraction of sp³-hybridized carbons (Fsp3) is 0.529. The van der Waals surface area contributed by atoms with E-state index in [9.17, 15) is 4.39 Å². The van der Waals surface area contributed by atoms with Gasteiger partial charge in [-0.05, 0) is 23.6 Å². The molecule has 124 valence electrons. The highest BCUT2D eigenvalue weighted by molar-refractivity contribution is 7.98. The number of nitrogens with zero attached hydrogens (tertiary/aromatic N) is 3. The average Bonchev–Trinajstić information content (AvgIpc) is 2.88. The Bertz CT molecular complexity index is 668.